The van der Waals surface area contributed by atoms with Gasteiger partial charge in [-0.25, -0.2) is 4.68 Å². The van der Waals surface area contributed by atoms with Crippen LogP contribution < -0.4 is 5.56 Å². The van der Waals surface area contributed by atoms with Gasteiger partial charge in [-0.15, -0.1) is 11.3 Å². The Kier molecular flexibility index (Phi) is 4.89. The minimum absolute atomic E-state index is 0.0487. The average molecular weight is 384 g/mol. The van der Waals surface area contributed by atoms with E-state index in [4.69, 9.17) is 4.52 Å². The molecule has 0 radical (unpaired) electrons. The first-order valence-electron chi connectivity index (χ1n) is 8.99. The molecule has 0 bridgehead atoms. The van der Waals surface area contributed by atoms with Crippen molar-refractivity contribution < 1.29 is 9.32 Å². The second kappa shape index (κ2) is 7.48. The monoisotopic (exact) mass is 384 g/mol. The van der Waals surface area contributed by atoms with E-state index in [0.717, 1.165) is 42.9 Å². The van der Waals surface area contributed by atoms with Crippen molar-refractivity contribution in [3.05, 3.63) is 45.7 Å². The first-order chi connectivity index (χ1) is 13.1. The van der Waals surface area contributed by atoms with Crippen molar-refractivity contribution in [2.24, 2.45) is 0 Å². The van der Waals surface area contributed by atoms with Crippen LogP contribution in [0.25, 0.3) is 21.9 Å². The quantitative estimate of drug-likeness (QED) is 0.691. The number of hydrogen-bond donors (Lipinski definition) is 0. The Hall–Kier alpha value is -2.74. The van der Waals surface area contributed by atoms with Crippen molar-refractivity contribution >= 4 is 17.2 Å². The maximum atomic E-state index is 12.6. The van der Waals surface area contributed by atoms with Gasteiger partial charge in [0.1, 0.15) is 12.2 Å². The number of aromatic nitrogens is 3. The van der Waals surface area contributed by atoms with Crippen LogP contribution in [0, 0.1) is 6.92 Å². The number of rotatable bonds is 4. The fraction of sp³-hybridized carbons (Fsp3) is 0.368. The lowest BCUT2D eigenvalue weighted by Crippen LogP contribution is -2.40. The second-order valence-corrected chi connectivity index (χ2v) is 7.60. The Morgan fingerprint density at radius 1 is 1.26 bits per heavy atom. The minimum atomic E-state index is -0.329. The Labute approximate surface area is 160 Å². The van der Waals surface area contributed by atoms with Crippen LogP contribution in [0.4, 0.5) is 0 Å². The van der Waals surface area contributed by atoms with Crippen LogP contribution in [0.3, 0.4) is 0 Å². The molecule has 3 aromatic rings. The zero-order valence-electron chi connectivity index (χ0n) is 15.1. The first kappa shape index (κ1) is 17.7. The summed E-state index contributed by atoms with van der Waals surface area (Å²) < 4.78 is 6.60. The van der Waals surface area contributed by atoms with E-state index in [9.17, 15) is 9.59 Å². The SMILES string of the molecule is Cc1cc(-c2cc(=O)n(CC(=O)N3CCCCC3)nc2-c2cccs2)on1. The van der Waals surface area contributed by atoms with Crippen LogP contribution in [0.1, 0.15) is 25.0 Å². The highest BCUT2D eigenvalue weighted by atomic mass is 32.1. The first-order valence-corrected chi connectivity index (χ1v) is 9.87. The highest BCUT2D eigenvalue weighted by Gasteiger charge is 2.21. The molecule has 4 heterocycles. The van der Waals surface area contributed by atoms with E-state index in [2.05, 4.69) is 10.3 Å². The summed E-state index contributed by atoms with van der Waals surface area (Å²) in [5.41, 5.74) is 1.60. The molecular weight excluding hydrogens is 364 g/mol. The van der Waals surface area contributed by atoms with Gasteiger partial charge in [0.2, 0.25) is 5.91 Å². The molecule has 4 rings (SSSR count). The van der Waals surface area contributed by atoms with Crippen LogP contribution in [0.15, 0.2) is 39.0 Å². The molecule has 1 aliphatic rings. The van der Waals surface area contributed by atoms with Gasteiger partial charge in [0, 0.05) is 25.2 Å². The Morgan fingerprint density at radius 2 is 2.07 bits per heavy atom. The molecule has 8 heteroatoms. The second-order valence-electron chi connectivity index (χ2n) is 6.65. The molecule has 0 N–H and O–H groups in total. The van der Waals surface area contributed by atoms with Crippen molar-refractivity contribution in [1.29, 1.82) is 0 Å². The molecule has 0 saturated carbocycles. The fourth-order valence-electron chi connectivity index (χ4n) is 3.25. The summed E-state index contributed by atoms with van der Waals surface area (Å²) in [6.45, 7) is 3.28. The number of piperidine rings is 1. The van der Waals surface area contributed by atoms with Gasteiger partial charge in [-0.1, -0.05) is 11.2 Å². The lowest BCUT2D eigenvalue weighted by Gasteiger charge is -2.26. The fourth-order valence-corrected chi connectivity index (χ4v) is 3.97. The maximum Gasteiger partial charge on any atom is 0.268 e. The standard InChI is InChI=1S/C19H20N4O3S/c1-13-10-15(26-21-13)14-11-17(24)23(20-19(14)16-6-5-9-27-16)12-18(25)22-7-3-2-4-8-22/h5-6,9-11H,2-4,7-8,12H2,1H3. The van der Waals surface area contributed by atoms with Gasteiger partial charge >= 0.3 is 0 Å². The van der Waals surface area contributed by atoms with E-state index in [1.165, 1.54) is 22.1 Å². The minimum Gasteiger partial charge on any atom is -0.356 e. The van der Waals surface area contributed by atoms with E-state index in [1.807, 2.05) is 29.3 Å². The summed E-state index contributed by atoms with van der Waals surface area (Å²) in [5, 5.41) is 10.4. The predicted octanol–water partition coefficient (Wildman–Crippen LogP) is 2.95. The third kappa shape index (κ3) is 3.71. The van der Waals surface area contributed by atoms with E-state index in [1.54, 1.807) is 6.07 Å². The third-order valence-corrected chi connectivity index (χ3v) is 5.52. The maximum absolute atomic E-state index is 12.6. The summed E-state index contributed by atoms with van der Waals surface area (Å²) in [4.78, 5) is 27.9. The predicted molar refractivity (Wildman–Crippen MR) is 102 cm³/mol. The molecule has 1 fully saturated rings. The molecule has 27 heavy (non-hydrogen) atoms. The number of nitrogens with zero attached hydrogens (tertiary/aromatic N) is 4. The Balaban J connectivity index is 1.72. The number of aryl methyl sites for hydroxylation is 1. The highest BCUT2D eigenvalue weighted by Crippen LogP contribution is 2.32. The molecular formula is C19H20N4O3S. The van der Waals surface area contributed by atoms with Crippen molar-refractivity contribution in [3.8, 4) is 21.9 Å². The van der Waals surface area contributed by atoms with Gasteiger partial charge in [-0.05, 0) is 37.6 Å². The van der Waals surface area contributed by atoms with Gasteiger partial charge in [-0.3, -0.25) is 9.59 Å². The average Bonchev–Trinajstić information content (AvgIpc) is 3.35. The zero-order valence-corrected chi connectivity index (χ0v) is 15.9. The molecule has 1 saturated heterocycles. The van der Waals surface area contributed by atoms with Gasteiger partial charge in [0.25, 0.3) is 5.56 Å². The van der Waals surface area contributed by atoms with E-state index < -0.39 is 0 Å². The molecule has 140 valence electrons. The zero-order chi connectivity index (χ0) is 18.8. The molecule has 7 nitrogen and oxygen atoms in total. The molecule has 1 amide bonds. The van der Waals surface area contributed by atoms with Crippen molar-refractivity contribution in [1.82, 2.24) is 19.8 Å². The number of likely N-dealkylation sites (tertiary alicyclic amines) is 1. The summed E-state index contributed by atoms with van der Waals surface area (Å²) in [7, 11) is 0. The molecule has 3 aromatic heterocycles. The topological polar surface area (TPSA) is 81.2 Å². The molecule has 0 atom stereocenters. The third-order valence-electron chi connectivity index (χ3n) is 4.64. The van der Waals surface area contributed by atoms with Crippen LogP contribution in [-0.2, 0) is 11.3 Å². The number of thiophene rings is 1. The van der Waals surface area contributed by atoms with Crippen molar-refractivity contribution in [3.63, 3.8) is 0 Å². The Bertz CT molecular complexity index is 1000. The lowest BCUT2D eigenvalue weighted by atomic mass is 10.1. The van der Waals surface area contributed by atoms with Crippen LogP contribution in [0.5, 0.6) is 0 Å². The number of carbonyl (C=O) groups is 1. The summed E-state index contributed by atoms with van der Waals surface area (Å²) in [5.74, 6) is 0.430. The van der Waals surface area contributed by atoms with Crippen molar-refractivity contribution in [2.45, 2.75) is 32.7 Å². The summed E-state index contributed by atoms with van der Waals surface area (Å²) >= 11 is 1.52. The molecule has 0 aliphatic carbocycles. The van der Waals surface area contributed by atoms with Gasteiger partial charge < -0.3 is 9.42 Å². The molecule has 0 spiro atoms. The van der Waals surface area contributed by atoms with Crippen LogP contribution in [0.2, 0.25) is 0 Å². The summed E-state index contributed by atoms with van der Waals surface area (Å²) in [6.07, 6.45) is 3.17. The normalized spacial score (nSPS) is 14.5. The Morgan fingerprint density at radius 3 is 2.74 bits per heavy atom. The van der Waals surface area contributed by atoms with Gasteiger partial charge in [-0.2, -0.15) is 5.10 Å². The van der Waals surface area contributed by atoms with Gasteiger partial charge in [0.15, 0.2) is 5.76 Å². The number of hydrogen-bond acceptors (Lipinski definition) is 6. The van der Waals surface area contributed by atoms with Crippen LogP contribution >= 0.6 is 11.3 Å². The highest BCUT2D eigenvalue weighted by molar-refractivity contribution is 7.13. The number of amides is 1. The lowest BCUT2D eigenvalue weighted by molar-refractivity contribution is -0.133. The van der Waals surface area contributed by atoms with Crippen LogP contribution in [-0.4, -0.2) is 38.8 Å². The van der Waals surface area contributed by atoms with E-state index in [0.29, 0.717) is 17.0 Å². The van der Waals surface area contributed by atoms with E-state index >= 15 is 0 Å². The number of carbonyl (C=O) groups excluding carboxylic acids is 1. The summed E-state index contributed by atoms with van der Waals surface area (Å²) in [6, 6.07) is 7.11. The largest absolute Gasteiger partial charge is 0.356 e. The smallest absolute Gasteiger partial charge is 0.268 e. The molecule has 1 aliphatic heterocycles. The molecule has 0 unspecified atom stereocenters. The van der Waals surface area contributed by atoms with Crippen molar-refractivity contribution in [2.75, 3.05) is 13.1 Å². The van der Waals surface area contributed by atoms with Gasteiger partial charge in [0.05, 0.1) is 16.1 Å². The van der Waals surface area contributed by atoms with E-state index in [-0.39, 0.29) is 18.0 Å². The molecule has 0 aromatic carbocycles.